The van der Waals surface area contributed by atoms with Gasteiger partial charge in [0.15, 0.2) is 6.23 Å². The highest BCUT2D eigenvalue weighted by molar-refractivity contribution is 7.64. The molecule has 0 amide bonds. The fourth-order valence-electron chi connectivity index (χ4n) is 3.20. The number of nitrogens with zero attached hydrogens (tertiary/aromatic N) is 2. The van der Waals surface area contributed by atoms with Gasteiger partial charge in [-0.2, -0.15) is 4.98 Å². The van der Waals surface area contributed by atoms with Crippen LogP contribution in [0.25, 0.3) is 0 Å². The van der Waals surface area contributed by atoms with Crippen molar-refractivity contribution in [3.63, 3.8) is 0 Å². The first-order valence-electron chi connectivity index (χ1n) is 10.3. The minimum atomic E-state index is -4.97. The quantitative estimate of drug-likeness (QED) is 0.191. The second-order valence-electron chi connectivity index (χ2n) is 7.56. The summed E-state index contributed by atoms with van der Waals surface area (Å²) in [6.07, 6.45) is 0.107. The first-order valence-corrected chi connectivity index (χ1v) is 13.6. The molecule has 2 heterocycles. The molecule has 0 saturated carbocycles. The monoisotopic (exact) mass is 499 g/mol. The number of hydrogen-bond donors (Lipinski definition) is 5. The Labute approximate surface area is 185 Å². The van der Waals surface area contributed by atoms with Crippen molar-refractivity contribution in [1.82, 2.24) is 9.55 Å². The lowest BCUT2D eigenvalue weighted by Crippen LogP contribution is -2.36. The normalized spacial score (nSPS) is 27.2. The molecule has 0 aliphatic carbocycles. The molecule has 1 fully saturated rings. The van der Waals surface area contributed by atoms with E-state index in [1.807, 2.05) is 0 Å². The molecule has 1 aliphatic heterocycles. The van der Waals surface area contributed by atoms with E-state index in [0.717, 1.165) is 30.3 Å². The number of nitrogen functional groups attached to an aromatic ring is 1. The first-order chi connectivity index (χ1) is 15.0. The number of ether oxygens (including phenoxy) is 1. The summed E-state index contributed by atoms with van der Waals surface area (Å²) in [4.78, 5) is 35.0. The summed E-state index contributed by atoms with van der Waals surface area (Å²) in [6.45, 7) is 1.32. The van der Waals surface area contributed by atoms with Crippen LogP contribution in [0, 0.1) is 0 Å². The molecule has 2 unspecified atom stereocenters. The average Bonchev–Trinajstić information content (AvgIpc) is 2.97. The summed E-state index contributed by atoms with van der Waals surface area (Å²) in [5, 5.41) is 20.3. The van der Waals surface area contributed by atoms with Crippen LogP contribution in [0.4, 0.5) is 5.82 Å². The van der Waals surface area contributed by atoms with Gasteiger partial charge in [-0.15, -0.1) is 0 Å². The molecule has 1 aromatic rings. The van der Waals surface area contributed by atoms with Crippen molar-refractivity contribution in [2.45, 2.75) is 70.0 Å². The van der Waals surface area contributed by atoms with Gasteiger partial charge in [-0.05, 0) is 12.5 Å². The average molecular weight is 499 g/mol. The molecule has 13 nitrogen and oxygen atoms in total. The number of phosphoric acid groups is 1. The van der Waals surface area contributed by atoms with Gasteiger partial charge in [-0.1, -0.05) is 39.0 Å². The van der Waals surface area contributed by atoms with E-state index in [-0.39, 0.29) is 12.0 Å². The lowest BCUT2D eigenvalue weighted by atomic mass is 10.1. The van der Waals surface area contributed by atoms with E-state index in [4.69, 9.17) is 15.0 Å². The van der Waals surface area contributed by atoms with Gasteiger partial charge < -0.3 is 30.5 Å². The second kappa shape index (κ2) is 11.8. The van der Waals surface area contributed by atoms with E-state index in [9.17, 15) is 33.9 Å². The second-order valence-corrected chi connectivity index (χ2v) is 11.1. The van der Waals surface area contributed by atoms with E-state index >= 15 is 0 Å². The highest BCUT2D eigenvalue weighted by atomic mass is 31.3. The number of unbranched alkanes of at least 4 members (excludes halogenated alkanes) is 5. The molecule has 0 spiro atoms. The molecule has 184 valence electrons. The van der Waals surface area contributed by atoms with Gasteiger partial charge >= 0.3 is 21.1 Å². The molecular weight excluding hydrogens is 468 g/mol. The fourth-order valence-corrected chi connectivity index (χ4v) is 5.96. The van der Waals surface area contributed by atoms with Crippen LogP contribution in [-0.4, -0.2) is 60.6 Å². The Morgan fingerprint density at radius 3 is 2.47 bits per heavy atom. The zero-order valence-corrected chi connectivity index (χ0v) is 19.5. The van der Waals surface area contributed by atoms with Crippen LogP contribution >= 0.6 is 15.4 Å². The third kappa shape index (κ3) is 8.02. The molecule has 0 bridgehead atoms. The fraction of sp³-hybridized carbons (Fsp3) is 0.765. The summed E-state index contributed by atoms with van der Waals surface area (Å²) < 4.78 is 39.6. The number of aliphatic hydroxyl groups is 2. The minimum absolute atomic E-state index is 0.0491. The van der Waals surface area contributed by atoms with Gasteiger partial charge in [0.25, 0.3) is 0 Å². The largest absolute Gasteiger partial charge is 0.479 e. The maximum Gasteiger partial charge on any atom is 0.479 e. The van der Waals surface area contributed by atoms with Crippen LogP contribution in [0.1, 0.15) is 51.7 Å². The zero-order valence-electron chi connectivity index (χ0n) is 17.7. The Kier molecular flexibility index (Phi) is 10.0. The summed E-state index contributed by atoms with van der Waals surface area (Å²) >= 11 is 0. The maximum absolute atomic E-state index is 12.1. The van der Waals surface area contributed by atoms with Crippen molar-refractivity contribution in [2.24, 2.45) is 0 Å². The van der Waals surface area contributed by atoms with Gasteiger partial charge in [-0.25, -0.2) is 13.7 Å². The minimum Gasteiger partial charge on any atom is -0.387 e. The van der Waals surface area contributed by atoms with Crippen LogP contribution in [-0.2, 0) is 22.7 Å². The third-order valence-corrected chi connectivity index (χ3v) is 8.09. The van der Waals surface area contributed by atoms with Crippen molar-refractivity contribution < 1.29 is 42.7 Å². The Hall–Kier alpha value is -1.14. The zero-order chi connectivity index (χ0) is 23.9. The standard InChI is InChI=1S/C17H31N3O10P2/c1-2-3-4-5-6-7-10-31(24,25)30-32(26,27)28-11-12-14(21)15(22)16(29-12)20-9-8-13(18)19-17(20)23/h8-9,12,14-16,21-22H,2-7,10-11H2,1H3,(H,24,25)(H,26,27)(H2,18,19,23)/t12-,14+,15-,16-/m1/s1. The number of phosphoric ester groups is 1. The lowest BCUT2D eigenvalue weighted by Gasteiger charge is -2.19. The van der Waals surface area contributed by atoms with Crippen LogP contribution in [0.15, 0.2) is 17.1 Å². The van der Waals surface area contributed by atoms with Crippen molar-refractivity contribution in [1.29, 1.82) is 0 Å². The summed E-state index contributed by atoms with van der Waals surface area (Å²) in [6, 6.07) is 1.28. The highest BCUT2D eigenvalue weighted by Gasteiger charge is 2.45. The predicted molar refractivity (Wildman–Crippen MR) is 114 cm³/mol. The number of aliphatic hydroxyl groups excluding tert-OH is 2. The van der Waals surface area contributed by atoms with E-state index in [1.54, 1.807) is 0 Å². The number of aromatic nitrogens is 2. The predicted octanol–water partition coefficient (Wildman–Crippen LogP) is 1.12. The van der Waals surface area contributed by atoms with Crippen molar-refractivity contribution in [3.05, 3.63) is 22.7 Å². The summed E-state index contributed by atoms with van der Waals surface area (Å²) in [5.74, 6) is -0.0491. The van der Waals surface area contributed by atoms with E-state index < -0.39 is 52.3 Å². The molecule has 32 heavy (non-hydrogen) atoms. The third-order valence-electron chi connectivity index (χ3n) is 4.89. The van der Waals surface area contributed by atoms with Gasteiger partial charge in [0.05, 0.1) is 12.8 Å². The number of hydrogen-bond acceptors (Lipinski definition) is 10. The molecule has 6 N–H and O–H groups in total. The molecule has 1 aliphatic rings. The highest BCUT2D eigenvalue weighted by Crippen LogP contribution is 2.60. The first kappa shape index (κ1) is 27.1. The van der Waals surface area contributed by atoms with Gasteiger partial charge in [0.1, 0.15) is 24.1 Å². The molecule has 6 atom stereocenters. The Morgan fingerprint density at radius 1 is 1.16 bits per heavy atom. The summed E-state index contributed by atoms with van der Waals surface area (Å²) in [5.41, 5.74) is 4.57. The van der Waals surface area contributed by atoms with Crippen LogP contribution in [0.5, 0.6) is 0 Å². The van der Waals surface area contributed by atoms with Crippen molar-refractivity contribution >= 4 is 21.2 Å². The molecule has 15 heteroatoms. The Bertz CT molecular complexity index is 898. The number of rotatable bonds is 13. The lowest BCUT2D eigenvalue weighted by molar-refractivity contribution is -0.0540. The Morgan fingerprint density at radius 2 is 1.81 bits per heavy atom. The van der Waals surface area contributed by atoms with Crippen LogP contribution in [0.2, 0.25) is 0 Å². The Balaban J connectivity index is 1.87. The molecule has 2 rings (SSSR count). The smallest absolute Gasteiger partial charge is 0.387 e. The van der Waals surface area contributed by atoms with Gasteiger partial charge in [-0.3, -0.25) is 13.7 Å². The number of anilines is 1. The van der Waals surface area contributed by atoms with Crippen LogP contribution < -0.4 is 11.4 Å². The van der Waals surface area contributed by atoms with Crippen molar-refractivity contribution in [2.75, 3.05) is 18.5 Å². The van der Waals surface area contributed by atoms with E-state index in [0.29, 0.717) is 12.8 Å². The summed E-state index contributed by atoms with van der Waals surface area (Å²) in [7, 11) is -9.36. The van der Waals surface area contributed by atoms with E-state index in [1.165, 1.54) is 12.3 Å². The molecule has 1 aromatic heterocycles. The van der Waals surface area contributed by atoms with Crippen LogP contribution in [0.3, 0.4) is 0 Å². The van der Waals surface area contributed by atoms with Gasteiger partial charge in [0, 0.05) is 6.20 Å². The van der Waals surface area contributed by atoms with E-state index in [2.05, 4.69) is 16.2 Å². The SMILES string of the molecule is CCCCCCCCP(=O)(O)OP(=O)(O)OC[C@H]1O[C@@H](n2ccc(N)nc2=O)[C@H](O)[C@H]1O. The molecule has 1 saturated heterocycles. The molecule has 0 aromatic carbocycles. The maximum atomic E-state index is 12.1. The number of nitrogens with two attached hydrogens (primary N) is 1. The van der Waals surface area contributed by atoms with Gasteiger partial charge in [0.2, 0.25) is 0 Å². The topological polar surface area (TPSA) is 204 Å². The molecule has 0 radical (unpaired) electrons. The molecular formula is C17H31N3O10P2. The van der Waals surface area contributed by atoms with Crippen molar-refractivity contribution in [3.8, 4) is 0 Å².